The van der Waals surface area contributed by atoms with Gasteiger partial charge >= 0.3 is 0 Å². The Morgan fingerprint density at radius 1 is 1.29 bits per heavy atom. The van der Waals surface area contributed by atoms with Crippen molar-refractivity contribution in [1.29, 1.82) is 0 Å². The molecule has 2 heterocycles. The molecule has 0 saturated heterocycles. The van der Waals surface area contributed by atoms with E-state index in [0.717, 1.165) is 0 Å². The number of carbonyl (C=O) groups is 3. The molecular weight excluding hydrogens is 292 g/mol. The van der Waals surface area contributed by atoms with E-state index in [1.165, 1.54) is 28.8 Å². The van der Waals surface area contributed by atoms with Crippen LogP contribution in [0.2, 0.25) is 0 Å². The molecule has 3 rings (SSSR count). The number of carbonyl (C=O) groups excluding carboxylic acids is 3. The van der Waals surface area contributed by atoms with Gasteiger partial charge in [-0.05, 0) is 12.1 Å². The third kappa shape index (κ3) is 1.92. The molecule has 0 bridgehead atoms. The summed E-state index contributed by atoms with van der Waals surface area (Å²) in [6.07, 6.45) is 0. The summed E-state index contributed by atoms with van der Waals surface area (Å²) in [5.74, 6) is -2.17. The second kappa shape index (κ2) is 4.76. The Balaban J connectivity index is 2.02. The third-order valence-corrected chi connectivity index (χ3v) is 3.97. The standard InChI is InChI=1S/C13H10N4O3S/c14-4-9-16-8(5-21-9)12(19)17-11(18)6-2-1-3-7(15)10(6)13(17)20/h1-3,5H,4,14-15H2. The highest BCUT2D eigenvalue weighted by atomic mass is 32.1. The number of nitrogens with two attached hydrogens (primary N) is 2. The fourth-order valence-corrected chi connectivity index (χ4v) is 2.76. The normalized spacial score (nSPS) is 13.7. The maximum Gasteiger partial charge on any atom is 0.287 e. The molecule has 1 aliphatic rings. The molecule has 8 heteroatoms. The van der Waals surface area contributed by atoms with Crippen LogP contribution in [0.25, 0.3) is 0 Å². The van der Waals surface area contributed by atoms with Gasteiger partial charge < -0.3 is 11.5 Å². The summed E-state index contributed by atoms with van der Waals surface area (Å²) in [6.45, 7) is 0.188. The SMILES string of the molecule is NCc1nc(C(=O)N2C(=O)c3cccc(N)c3C2=O)cs1. The summed E-state index contributed by atoms with van der Waals surface area (Å²) in [7, 11) is 0. The number of hydrogen-bond donors (Lipinski definition) is 2. The van der Waals surface area contributed by atoms with Crippen LogP contribution in [0.15, 0.2) is 23.6 Å². The van der Waals surface area contributed by atoms with Crippen molar-refractivity contribution >= 4 is 34.7 Å². The first-order chi connectivity index (χ1) is 10.0. The predicted molar refractivity (Wildman–Crippen MR) is 75.7 cm³/mol. The van der Waals surface area contributed by atoms with E-state index in [0.29, 0.717) is 9.91 Å². The highest BCUT2D eigenvalue weighted by Crippen LogP contribution is 2.28. The fraction of sp³-hybridized carbons (Fsp3) is 0.0769. The third-order valence-electron chi connectivity index (χ3n) is 3.10. The van der Waals surface area contributed by atoms with E-state index in [9.17, 15) is 14.4 Å². The Morgan fingerprint density at radius 3 is 2.67 bits per heavy atom. The number of benzene rings is 1. The minimum Gasteiger partial charge on any atom is -0.398 e. The van der Waals surface area contributed by atoms with E-state index in [4.69, 9.17) is 11.5 Å². The topological polar surface area (TPSA) is 119 Å². The van der Waals surface area contributed by atoms with E-state index in [-0.39, 0.29) is 29.1 Å². The lowest BCUT2D eigenvalue weighted by Gasteiger charge is -2.09. The highest BCUT2D eigenvalue weighted by Gasteiger charge is 2.42. The van der Waals surface area contributed by atoms with Crippen LogP contribution in [-0.4, -0.2) is 27.6 Å². The summed E-state index contributed by atoms with van der Waals surface area (Å²) in [5.41, 5.74) is 11.5. The molecule has 1 aliphatic heterocycles. The molecule has 0 spiro atoms. The van der Waals surface area contributed by atoms with Crippen molar-refractivity contribution in [3.63, 3.8) is 0 Å². The number of amides is 3. The Hall–Kier alpha value is -2.58. The lowest BCUT2D eigenvalue weighted by molar-refractivity contribution is 0.0564. The average Bonchev–Trinajstić information content (AvgIpc) is 3.04. The summed E-state index contributed by atoms with van der Waals surface area (Å²) >= 11 is 1.20. The van der Waals surface area contributed by atoms with Crippen LogP contribution in [-0.2, 0) is 6.54 Å². The first-order valence-electron chi connectivity index (χ1n) is 6.00. The number of anilines is 1. The Labute approximate surface area is 123 Å². The molecule has 0 atom stereocenters. The number of imide groups is 3. The number of nitrogens with zero attached hydrogens (tertiary/aromatic N) is 2. The monoisotopic (exact) mass is 302 g/mol. The molecule has 106 valence electrons. The number of aromatic nitrogens is 1. The van der Waals surface area contributed by atoms with Gasteiger partial charge in [-0.25, -0.2) is 9.88 Å². The van der Waals surface area contributed by atoms with Crippen LogP contribution in [0, 0.1) is 0 Å². The number of nitrogen functional groups attached to an aromatic ring is 1. The van der Waals surface area contributed by atoms with Crippen LogP contribution in [0.5, 0.6) is 0 Å². The quantitative estimate of drug-likeness (QED) is 0.620. The molecule has 0 saturated carbocycles. The zero-order chi connectivity index (χ0) is 15.1. The molecule has 1 aromatic carbocycles. The molecule has 21 heavy (non-hydrogen) atoms. The first kappa shape index (κ1) is 13.4. The van der Waals surface area contributed by atoms with Gasteiger partial charge in [0.15, 0.2) is 0 Å². The summed E-state index contributed by atoms with van der Waals surface area (Å²) < 4.78 is 0. The van der Waals surface area contributed by atoms with Gasteiger partial charge in [0.25, 0.3) is 17.7 Å². The number of hydrogen-bond acceptors (Lipinski definition) is 7. The fourth-order valence-electron chi connectivity index (χ4n) is 2.11. The predicted octanol–water partition coefficient (Wildman–Crippen LogP) is 0.620. The van der Waals surface area contributed by atoms with Gasteiger partial charge in [0, 0.05) is 17.6 Å². The number of thiazole rings is 1. The maximum absolute atomic E-state index is 12.3. The molecule has 2 aromatic rings. The van der Waals surface area contributed by atoms with Crippen LogP contribution < -0.4 is 11.5 Å². The van der Waals surface area contributed by atoms with Gasteiger partial charge in [-0.15, -0.1) is 11.3 Å². The molecule has 0 fully saturated rings. The van der Waals surface area contributed by atoms with Crippen LogP contribution in [0.4, 0.5) is 5.69 Å². The zero-order valence-corrected chi connectivity index (χ0v) is 11.5. The summed E-state index contributed by atoms with van der Waals surface area (Å²) in [5, 5.41) is 2.02. The first-order valence-corrected chi connectivity index (χ1v) is 6.88. The van der Waals surface area contributed by atoms with E-state index < -0.39 is 17.7 Å². The van der Waals surface area contributed by atoms with Gasteiger partial charge in [-0.3, -0.25) is 14.4 Å². The maximum atomic E-state index is 12.3. The lowest BCUT2D eigenvalue weighted by Crippen LogP contribution is -2.36. The van der Waals surface area contributed by atoms with Gasteiger partial charge in [0.05, 0.1) is 11.1 Å². The van der Waals surface area contributed by atoms with Gasteiger partial charge in [-0.1, -0.05) is 6.07 Å². The van der Waals surface area contributed by atoms with E-state index in [1.807, 2.05) is 0 Å². The molecule has 3 amide bonds. The van der Waals surface area contributed by atoms with Crippen molar-refractivity contribution in [2.24, 2.45) is 5.73 Å². The van der Waals surface area contributed by atoms with E-state index in [2.05, 4.69) is 4.98 Å². The average molecular weight is 302 g/mol. The minimum atomic E-state index is -0.767. The molecule has 7 nitrogen and oxygen atoms in total. The minimum absolute atomic E-state index is 0.0218. The van der Waals surface area contributed by atoms with Crippen LogP contribution >= 0.6 is 11.3 Å². The van der Waals surface area contributed by atoms with Crippen molar-refractivity contribution in [3.8, 4) is 0 Å². The Kier molecular flexibility index (Phi) is 3.04. The van der Waals surface area contributed by atoms with Crippen LogP contribution in [0.1, 0.15) is 36.2 Å². The molecule has 0 radical (unpaired) electrons. The van der Waals surface area contributed by atoms with E-state index >= 15 is 0 Å². The van der Waals surface area contributed by atoms with Gasteiger partial charge in [-0.2, -0.15) is 0 Å². The zero-order valence-electron chi connectivity index (χ0n) is 10.7. The molecule has 4 N–H and O–H groups in total. The van der Waals surface area contributed by atoms with Crippen molar-refractivity contribution in [2.75, 3.05) is 5.73 Å². The van der Waals surface area contributed by atoms with Gasteiger partial charge in [0.2, 0.25) is 0 Å². The Bertz CT molecular complexity index is 783. The summed E-state index contributed by atoms with van der Waals surface area (Å²) in [4.78, 5) is 41.4. The highest BCUT2D eigenvalue weighted by molar-refractivity contribution is 7.09. The van der Waals surface area contributed by atoms with Crippen molar-refractivity contribution in [3.05, 3.63) is 45.4 Å². The molecule has 0 aliphatic carbocycles. The largest absolute Gasteiger partial charge is 0.398 e. The Morgan fingerprint density at radius 2 is 2.05 bits per heavy atom. The van der Waals surface area contributed by atoms with Crippen molar-refractivity contribution in [1.82, 2.24) is 9.88 Å². The van der Waals surface area contributed by atoms with Crippen molar-refractivity contribution < 1.29 is 14.4 Å². The van der Waals surface area contributed by atoms with Crippen LogP contribution in [0.3, 0.4) is 0 Å². The van der Waals surface area contributed by atoms with Gasteiger partial charge in [0.1, 0.15) is 10.7 Å². The number of rotatable bonds is 2. The smallest absolute Gasteiger partial charge is 0.287 e. The van der Waals surface area contributed by atoms with Crippen molar-refractivity contribution in [2.45, 2.75) is 6.54 Å². The summed E-state index contributed by atoms with van der Waals surface area (Å²) in [6, 6.07) is 4.53. The number of fused-ring (bicyclic) bond motifs is 1. The van der Waals surface area contributed by atoms with E-state index in [1.54, 1.807) is 6.07 Å². The molecule has 1 aromatic heterocycles. The second-order valence-electron chi connectivity index (χ2n) is 4.35. The molecule has 0 unspecified atom stereocenters. The lowest BCUT2D eigenvalue weighted by atomic mass is 10.1. The second-order valence-corrected chi connectivity index (χ2v) is 5.29. The molecular formula is C13H10N4O3S.